The Hall–Kier alpha value is -1.69. The smallest absolute Gasteiger partial charge is 0.302 e. The van der Waals surface area contributed by atoms with Gasteiger partial charge in [-0.3, -0.25) is 14.4 Å². The summed E-state index contributed by atoms with van der Waals surface area (Å²) in [5.74, 6) is -0.160. The van der Waals surface area contributed by atoms with E-state index < -0.39 is 11.0 Å². The van der Waals surface area contributed by atoms with Gasteiger partial charge in [0.05, 0.1) is 5.60 Å². The monoisotopic (exact) mass is 419 g/mol. The van der Waals surface area contributed by atoms with E-state index in [2.05, 4.69) is 12.2 Å². The number of carbonyl (C=O) groups is 3. The average Bonchev–Trinajstić information content (AvgIpc) is 2.82. The number of rotatable bonds is 5. The molecule has 0 unspecified atom stereocenters. The number of ether oxygens (including phenoxy) is 1. The fourth-order valence-corrected chi connectivity index (χ4v) is 6.86. The number of fused-ring (bicyclic) bond motifs is 1. The van der Waals surface area contributed by atoms with Crippen molar-refractivity contribution in [3.8, 4) is 0 Å². The summed E-state index contributed by atoms with van der Waals surface area (Å²) in [4.78, 5) is 37.1. The van der Waals surface area contributed by atoms with Crippen LogP contribution < -0.4 is 5.32 Å². The third kappa shape index (κ3) is 3.95. The number of allylic oxidation sites excluding steroid dienone is 1. The third-order valence-corrected chi connectivity index (χ3v) is 8.06. The molecular formula is C24H37NO5. The number of nitrogens with one attached hydrogen (secondary N) is 1. The zero-order valence-corrected chi connectivity index (χ0v) is 19.2. The molecule has 3 rings (SSSR count). The first-order valence-corrected chi connectivity index (χ1v) is 11.1. The topological polar surface area (TPSA) is 92.7 Å². The highest BCUT2D eigenvalue weighted by Crippen LogP contribution is 2.69. The van der Waals surface area contributed by atoms with Gasteiger partial charge in [-0.1, -0.05) is 19.9 Å². The Bertz CT molecular complexity index is 768. The molecule has 2 bridgehead atoms. The Kier molecular flexibility index (Phi) is 5.72. The lowest BCUT2D eigenvalue weighted by Crippen LogP contribution is -2.58. The molecule has 3 saturated carbocycles. The maximum Gasteiger partial charge on any atom is 0.302 e. The highest BCUT2D eigenvalue weighted by molar-refractivity contribution is 5.95. The molecule has 0 aromatic heterocycles. The first kappa shape index (κ1) is 23.0. The van der Waals surface area contributed by atoms with E-state index in [1.807, 2.05) is 6.92 Å². The summed E-state index contributed by atoms with van der Waals surface area (Å²) < 4.78 is 5.68. The molecule has 0 aromatic carbocycles. The molecule has 168 valence electrons. The van der Waals surface area contributed by atoms with Gasteiger partial charge in [-0.25, -0.2) is 0 Å². The normalized spacial score (nSPS) is 40.7. The van der Waals surface area contributed by atoms with E-state index in [-0.39, 0.29) is 46.6 Å². The Labute approximate surface area is 179 Å². The van der Waals surface area contributed by atoms with Crippen LogP contribution in [0.25, 0.3) is 0 Å². The predicted octanol–water partition coefficient (Wildman–Crippen LogP) is 3.32. The van der Waals surface area contributed by atoms with E-state index in [1.54, 1.807) is 19.9 Å². The summed E-state index contributed by atoms with van der Waals surface area (Å²) in [7, 11) is 0. The molecule has 0 radical (unpaired) electrons. The van der Waals surface area contributed by atoms with Gasteiger partial charge in [-0.2, -0.15) is 0 Å². The van der Waals surface area contributed by atoms with Crippen LogP contribution in [0.4, 0.5) is 0 Å². The van der Waals surface area contributed by atoms with E-state index in [0.29, 0.717) is 6.42 Å². The summed E-state index contributed by atoms with van der Waals surface area (Å²) in [6, 6.07) is -0.0811. The summed E-state index contributed by atoms with van der Waals surface area (Å²) in [6.45, 7) is 10.5. The lowest BCUT2D eigenvalue weighted by Gasteiger charge is -2.58. The molecule has 2 N–H and O–H groups in total. The molecule has 6 heteroatoms. The Morgan fingerprint density at radius 1 is 1.13 bits per heavy atom. The molecule has 3 aliphatic rings. The van der Waals surface area contributed by atoms with Gasteiger partial charge in [-0.05, 0) is 69.8 Å². The van der Waals surface area contributed by atoms with Gasteiger partial charge >= 0.3 is 5.97 Å². The lowest BCUT2D eigenvalue weighted by atomic mass is 9.48. The van der Waals surface area contributed by atoms with Crippen molar-refractivity contribution in [2.24, 2.45) is 22.2 Å². The molecule has 0 aromatic rings. The molecule has 3 aliphatic carbocycles. The number of esters is 1. The number of amides is 1. The van der Waals surface area contributed by atoms with Crippen molar-refractivity contribution in [2.75, 3.05) is 0 Å². The van der Waals surface area contributed by atoms with Crippen molar-refractivity contribution in [1.29, 1.82) is 0 Å². The molecule has 3 fully saturated rings. The Morgan fingerprint density at radius 2 is 1.80 bits per heavy atom. The second-order valence-electron chi connectivity index (χ2n) is 11.0. The molecule has 0 aliphatic heterocycles. The van der Waals surface area contributed by atoms with E-state index >= 15 is 0 Å². The number of aliphatic hydroxyl groups is 1. The maximum absolute atomic E-state index is 13.4. The van der Waals surface area contributed by atoms with Crippen LogP contribution in [0.15, 0.2) is 12.2 Å². The predicted molar refractivity (Wildman–Crippen MR) is 113 cm³/mol. The minimum absolute atomic E-state index is 0.0209. The van der Waals surface area contributed by atoms with Crippen molar-refractivity contribution in [2.45, 2.75) is 97.8 Å². The average molecular weight is 420 g/mol. The van der Waals surface area contributed by atoms with Crippen molar-refractivity contribution in [1.82, 2.24) is 5.32 Å². The largest absolute Gasteiger partial charge is 0.462 e. The van der Waals surface area contributed by atoms with E-state index in [1.165, 1.54) is 19.9 Å². The van der Waals surface area contributed by atoms with Gasteiger partial charge in [0.25, 0.3) is 0 Å². The van der Waals surface area contributed by atoms with Crippen molar-refractivity contribution in [3.63, 3.8) is 0 Å². The van der Waals surface area contributed by atoms with Gasteiger partial charge in [0, 0.05) is 30.7 Å². The molecule has 0 heterocycles. The summed E-state index contributed by atoms with van der Waals surface area (Å²) in [5.41, 5.74) is -1.96. The van der Waals surface area contributed by atoms with Crippen LogP contribution in [0.1, 0.15) is 80.1 Å². The standard InChI is InChI=1S/C24H37NO5/c1-15(26)25-18-13-23(6,19(28)8-10-21(3,4)29)17-7-11-22(5)14-24(17,18)12-9-20(22)30-16(2)27/h8,10,17-18,20,29H,7,9,11-14H2,1-6H3,(H,25,26)/b10-8+/t17-,18-,20+,22+,23+,24-/m1/s1. The number of ketones is 1. The molecule has 6 nitrogen and oxygen atoms in total. The highest BCUT2D eigenvalue weighted by atomic mass is 16.5. The molecule has 30 heavy (non-hydrogen) atoms. The van der Waals surface area contributed by atoms with Crippen LogP contribution in [0.3, 0.4) is 0 Å². The van der Waals surface area contributed by atoms with E-state index in [9.17, 15) is 19.5 Å². The SMILES string of the molecule is CC(=O)N[C@@H]1C[C@](C)(C(=O)/C=C/C(C)(C)O)[C@H]2CC[C@@]3(C)C[C@@]12CC[C@@H]3OC(C)=O. The zero-order chi connectivity index (χ0) is 22.5. The molecular weight excluding hydrogens is 382 g/mol. The molecule has 0 saturated heterocycles. The van der Waals surface area contributed by atoms with Crippen LogP contribution in [-0.2, 0) is 19.1 Å². The second-order valence-corrected chi connectivity index (χ2v) is 11.0. The highest BCUT2D eigenvalue weighted by Gasteiger charge is 2.68. The quantitative estimate of drug-likeness (QED) is 0.527. The minimum Gasteiger partial charge on any atom is -0.462 e. The van der Waals surface area contributed by atoms with Crippen LogP contribution >= 0.6 is 0 Å². The van der Waals surface area contributed by atoms with Crippen LogP contribution in [0, 0.1) is 22.2 Å². The Morgan fingerprint density at radius 3 is 2.37 bits per heavy atom. The maximum atomic E-state index is 13.4. The Balaban J connectivity index is 1.97. The fourth-order valence-electron chi connectivity index (χ4n) is 6.86. The van der Waals surface area contributed by atoms with Crippen LogP contribution in [-0.4, -0.2) is 40.5 Å². The second kappa shape index (κ2) is 7.47. The van der Waals surface area contributed by atoms with Crippen molar-refractivity contribution < 1.29 is 24.2 Å². The summed E-state index contributed by atoms with van der Waals surface area (Å²) in [5, 5.41) is 13.2. The van der Waals surface area contributed by atoms with Crippen molar-refractivity contribution >= 4 is 17.7 Å². The van der Waals surface area contributed by atoms with Gasteiger partial charge in [0.15, 0.2) is 5.78 Å². The first-order valence-electron chi connectivity index (χ1n) is 11.1. The number of hydrogen-bond acceptors (Lipinski definition) is 5. The summed E-state index contributed by atoms with van der Waals surface area (Å²) >= 11 is 0. The third-order valence-electron chi connectivity index (χ3n) is 8.06. The lowest BCUT2D eigenvalue weighted by molar-refractivity contribution is -0.173. The first-order chi connectivity index (χ1) is 13.7. The van der Waals surface area contributed by atoms with Gasteiger partial charge < -0.3 is 15.2 Å². The van der Waals surface area contributed by atoms with Crippen molar-refractivity contribution in [3.05, 3.63) is 12.2 Å². The number of carbonyl (C=O) groups excluding carboxylic acids is 3. The van der Waals surface area contributed by atoms with E-state index in [4.69, 9.17) is 4.74 Å². The molecule has 6 atom stereocenters. The minimum atomic E-state index is -1.05. The van der Waals surface area contributed by atoms with Gasteiger partial charge in [0.2, 0.25) is 5.91 Å². The summed E-state index contributed by atoms with van der Waals surface area (Å²) in [6.07, 6.45) is 7.75. The molecule has 1 spiro atoms. The number of hydrogen-bond donors (Lipinski definition) is 2. The zero-order valence-electron chi connectivity index (χ0n) is 19.2. The molecule has 1 amide bonds. The van der Waals surface area contributed by atoms with Crippen LogP contribution in [0.5, 0.6) is 0 Å². The van der Waals surface area contributed by atoms with Crippen LogP contribution in [0.2, 0.25) is 0 Å². The van der Waals surface area contributed by atoms with E-state index in [0.717, 1.165) is 32.1 Å². The van der Waals surface area contributed by atoms with Gasteiger partial charge in [-0.15, -0.1) is 0 Å². The fraction of sp³-hybridized carbons (Fsp3) is 0.792. The van der Waals surface area contributed by atoms with Gasteiger partial charge in [0.1, 0.15) is 6.10 Å².